The summed E-state index contributed by atoms with van der Waals surface area (Å²) in [5.41, 5.74) is 2.38. The number of carbonyl (C=O) groups is 1. The molecule has 2 atom stereocenters. The standard InChI is InChI=1S/C11H12O2/c1-7-3-2-4-8(5-7)9-6-10(9)11(12)13/h2-5,9-10H,6H2,1H3,(H,12,13)/t9-,10+/m0/s1. The van der Waals surface area contributed by atoms with E-state index in [0.717, 1.165) is 6.42 Å². The average molecular weight is 176 g/mol. The fourth-order valence-electron chi connectivity index (χ4n) is 1.74. The van der Waals surface area contributed by atoms with E-state index in [4.69, 9.17) is 5.11 Å². The van der Waals surface area contributed by atoms with Gasteiger partial charge in [-0.2, -0.15) is 0 Å². The molecular weight excluding hydrogens is 164 g/mol. The number of rotatable bonds is 2. The van der Waals surface area contributed by atoms with Crippen LogP contribution >= 0.6 is 0 Å². The van der Waals surface area contributed by atoms with Crippen LogP contribution in [0.15, 0.2) is 24.3 Å². The third-order valence-corrected chi connectivity index (χ3v) is 2.58. The first-order valence-electron chi connectivity index (χ1n) is 4.48. The van der Waals surface area contributed by atoms with Gasteiger partial charge >= 0.3 is 5.97 Å². The van der Waals surface area contributed by atoms with E-state index in [9.17, 15) is 4.79 Å². The van der Waals surface area contributed by atoms with Crippen LogP contribution in [0.3, 0.4) is 0 Å². The fraction of sp³-hybridized carbons (Fsp3) is 0.364. The van der Waals surface area contributed by atoms with Crippen molar-refractivity contribution in [3.63, 3.8) is 0 Å². The summed E-state index contributed by atoms with van der Waals surface area (Å²) in [6.07, 6.45) is 0.804. The Morgan fingerprint density at radius 2 is 2.31 bits per heavy atom. The Kier molecular flexibility index (Phi) is 1.83. The Balaban J connectivity index is 2.16. The summed E-state index contributed by atoms with van der Waals surface area (Å²) in [5.74, 6) is -0.536. The van der Waals surface area contributed by atoms with Crippen LogP contribution in [0.25, 0.3) is 0 Å². The van der Waals surface area contributed by atoms with Gasteiger partial charge in [0.1, 0.15) is 0 Å². The molecule has 1 saturated carbocycles. The molecule has 2 rings (SSSR count). The molecule has 0 saturated heterocycles. The molecule has 0 bridgehead atoms. The molecule has 0 aromatic heterocycles. The van der Waals surface area contributed by atoms with Crippen molar-refractivity contribution in [2.75, 3.05) is 0 Å². The number of benzene rings is 1. The van der Waals surface area contributed by atoms with E-state index in [-0.39, 0.29) is 11.8 Å². The van der Waals surface area contributed by atoms with Gasteiger partial charge in [0.25, 0.3) is 0 Å². The van der Waals surface area contributed by atoms with E-state index >= 15 is 0 Å². The molecule has 1 N–H and O–H groups in total. The smallest absolute Gasteiger partial charge is 0.307 e. The Labute approximate surface area is 77.2 Å². The lowest BCUT2D eigenvalue weighted by Crippen LogP contribution is -1.98. The monoisotopic (exact) mass is 176 g/mol. The zero-order valence-corrected chi connectivity index (χ0v) is 7.53. The molecule has 1 aromatic rings. The molecule has 0 amide bonds. The Morgan fingerprint density at radius 3 is 2.85 bits per heavy atom. The van der Waals surface area contributed by atoms with E-state index in [0.29, 0.717) is 0 Å². The topological polar surface area (TPSA) is 37.3 Å². The van der Waals surface area contributed by atoms with Crippen molar-refractivity contribution >= 4 is 5.97 Å². The fourth-order valence-corrected chi connectivity index (χ4v) is 1.74. The van der Waals surface area contributed by atoms with Gasteiger partial charge < -0.3 is 5.11 Å². The molecule has 0 spiro atoms. The second-order valence-corrected chi connectivity index (χ2v) is 3.70. The highest BCUT2D eigenvalue weighted by atomic mass is 16.4. The third kappa shape index (κ3) is 1.57. The van der Waals surface area contributed by atoms with Crippen molar-refractivity contribution in [3.05, 3.63) is 35.4 Å². The van der Waals surface area contributed by atoms with Crippen molar-refractivity contribution < 1.29 is 9.90 Å². The van der Waals surface area contributed by atoms with Crippen molar-refractivity contribution in [1.82, 2.24) is 0 Å². The highest BCUT2D eigenvalue weighted by Gasteiger charge is 2.43. The molecule has 1 aliphatic carbocycles. The quantitative estimate of drug-likeness (QED) is 0.749. The van der Waals surface area contributed by atoms with Crippen LogP contribution < -0.4 is 0 Å². The maximum absolute atomic E-state index is 10.6. The third-order valence-electron chi connectivity index (χ3n) is 2.58. The molecule has 0 heterocycles. The van der Waals surface area contributed by atoms with E-state index in [2.05, 4.69) is 6.07 Å². The van der Waals surface area contributed by atoms with Gasteiger partial charge in [0.05, 0.1) is 5.92 Å². The molecule has 0 aliphatic heterocycles. The average Bonchev–Trinajstić information content (AvgIpc) is 2.82. The molecule has 1 aromatic carbocycles. The highest BCUT2D eigenvalue weighted by Crippen LogP contribution is 2.47. The Hall–Kier alpha value is -1.31. The summed E-state index contributed by atoms with van der Waals surface area (Å²) in [5, 5.41) is 8.75. The number of hydrogen-bond donors (Lipinski definition) is 1. The first-order chi connectivity index (χ1) is 6.18. The zero-order chi connectivity index (χ0) is 9.42. The normalized spacial score (nSPS) is 25.6. The van der Waals surface area contributed by atoms with Crippen molar-refractivity contribution in [2.24, 2.45) is 5.92 Å². The van der Waals surface area contributed by atoms with Gasteiger partial charge in [-0.25, -0.2) is 0 Å². The van der Waals surface area contributed by atoms with E-state index in [1.165, 1.54) is 11.1 Å². The summed E-state index contributed by atoms with van der Waals surface area (Å²) in [6.45, 7) is 2.03. The molecule has 68 valence electrons. The molecule has 1 fully saturated rings. The first kappa shape index (κ1) is 8.30. The molecule has 2 heteroatoms. The minimum atomic E-state index is -0.661. The van der Waals surface area contributed by atoms with Crippen LogP contribution in [0.4, 0.5) is 0 Å². The largest absolute Gasteiger partial charge is 0.481 e. The minimum absolute atomic E-state index is 0.137. The maximum atomic E-state index is 10.6. The molecule has 13 heavy (non-hydrogen) atoms. The van der Waals surface area contributed by atoms with Gasteiger partial charge in [-0.15, -0.1) is 0 Å². The summed E-state index contributed by atoms with van der Waals surface area (Å²) in [7, 11) is 0. The second-order valence-electron chi connectivity index (χ2n) is 3.70. The van der Waals surface area contributed by atoms with Gasteiger partial charge in [-0.1, -0.05) is 29.8 Å². The summed E-state index contributed by atoms with van der Waals surface area (Å²) < 4.78 is 0. The highest BCUT2D eigenvalue weighted by molar-refractivity contribution is 5.75. The molecule has 2 nitrogen and oxygen atoms in total. The SMILES string of the molecule is Cc1cccc([C@@H]2C[C@H]2C(=O)O)c1. The Bertz CT molecular complexity index is 344. The van der Waals surface area contributed by atoms with Crippen molar-refractivity contribution in [2.45, 2.75) is 19.3 Å². The van der Waals surface area contributed by atoms with Crippen LogP contribution in [0.5, 0.6) is 0 Å². The van der Waals surface area contributed by atoms with Crippen LogP contribution in [0.2, 0.25) is 0 Å². The van der Waals surface area contributed by atoms with Crippen molar-refractivity contribution in [1.29, 1.82) is 0 Å². The molecule has 0 unspecified atom stereocenters. The van der Waals surface area contributed by atoms with Gasteiger partial charge in [0.2, 0.25) is 0 Å². The lowest BCUT2D eigenvalue weighted by atomic mass is 10.1. The number of carboxylic acids is 1. The number of hydrogen-bond acceptors (Lipinski definition) is 1. The molecule has 0 radical (unpaired) electrons. The summed E-state index contributed by atoms with van der Waals surface area (Å²) >= 11 is 0. The summed E-state index contributed by atoms with van der Waals surface area (Å²) in [6, 6.07) is 8.11. The molecular formula is C11H12O2. The van der Waals surface area contributed by atoms with Crippen molar-refractivity contribution in [3.8, 4) is 0 Å². The summed E-state index contributed by atoms with van der Waals surface area (Å²) in [4.78, 5) is 10.6. The minimum Gasteiger partial charge on any atom is -0.481 e. The van der Waals surface area contributed by atoms with Crippen LogP contribution in [-0.4, -0.2) is 11.1 Å². The molecule has 1 aliphatic rings. The maximum Gasteiger partial charge on any atom is 0.307 e. The predicted molar refractivity (Wildman–Crippen MR) is 49.7 cm³/mol. The van der Waals surface area contributed by atoms with E-state index in [1.807, 2.05) is 25.1 Å². The zero-order valence-electron chi connectivity index (χ0n) is 7.53. The Morgan fingerprint density at radius 1 is 1.54 bits per heavy atom. The van der Waals surface area contributed by atoms with E-state index < -0.39 is 5.97 Å². The van der Waals surface area contributed by atoms with Crippen LogP contribution in [-0.2, 0) is 4.79 Å². The number of aryl methyl sites for hydroxylation is 1. The van der Waals surface area contributed by atoms with Gasteiger partial charge in [0, 0.05) is 0 Å². The lowest BCUT2D eigenvalue weighted by molar-refractivity contribution is -0.138. The lowest BCUT2D eigenvalue weighted by Gasteiger charge is -1.99. The second kappa shape index (κ2) is 2.87. The number of aliphatic carboxylic acids is 1. The van der Waals surface area contributed by atoms with Gasteiger partial charge in [0.15, 0.2) is 0 Å². The number of carboxylic acid groups (broad SMARTS) is 1. The van der Waals surface area contributed by atoms with Crippen LogP contribution in [0, 0.1) is 12.8 Å². The first-order valence-corrected chi connectivity index (χ1v) is 4.48. The van der Waals surface area contributed by atoms with Gasteiger partial charge in [-0.3, -0.25) is 4.79 Å². The van der Waals surface area contributed by atoms with Gasteiger partial charge in [-0.05, 0) is 24.8 Å². The van der Waals surface area contributed by atoms with Crippen LogP contribution in [0.1, 0.15) is 23.5 Å². The van der Waals surface area contributed by atoms with E-state index in [1.54, 1.807) is 0 Å². The predicted octanol–water partition coefficient (Wildman–Crippen LogP) is 2.18.